The molecule has 2 aromatic rings. The van der Waals surface area contributed by atoms with Crippen molar-refractivity contribution in [1.82, 2.24) is 10.2 Å². The maximum absolute atomic E-state index is 9.64. The summed E-state index contributed by atoms with van der Waals surface area (Å²) >= 11 is 0. The molecule has 2 aliphatic heterocycles. The van der Waals surface area contributed by atoms with Crippen molar-refractivity contribution in [3.05, 3.63) is 53.9 Å². The van der Waals surface area contributed by atoms with E-state index in [0.717, 1.165) is 38.2 Å². The lowest BCUT2D eigenvalue weighted by molar-refractivity contribution is -0.697. The van der Waals surface area contributed by atoms with Gasteiger partial charge in [0.25, 0.3) is 0 Å². The standard InChI is InChI=1S/C26H37N3O2.BrH/c1-28-15-7-9-25(28)22-8-6-17-29(20-22)16-5-3-2-4-14-27-19-24-13-11-21-10-12-23(30)18-26(21)31-24;/h6,8,10,12,17-18,20,24-25,27H,2-5,7,9,11,13-16,19H2,1H3;1H/t24-,25+;/m1./s1. The highest BCUT2D eigenvalue weighted by Gasteiger charge is 2.24. The van der Waals surface area contributed by atoms with Crippen molar-refractivity contribution in [2.75, 3.05) is 26.7 Å². The number of ether oxygens (including phenoxy) is 1. The third kappa shape index (κ3) is 6.93. The molecule has 5 nitrogen and oxygen atoms in total. The van der Waals surface area contributed by atoms with Crippen molar-refractivity contribution in [2.24, 2.45) is 0 Å². The number of hydrogen-bond donors (Lipinski definition) is 2. The minimum atomic E-state index is 0. The van der Waals surface area contributed by atoms with Gasteiger partial charge in [-0.05, 0) is 76.4 Å². The summed E-state index contributed by atoms with van der Waals surface area (Å²) in [6, 6.07) is 10.5. The monoisotopic (exact) mass is 503 g/mol. The quantitative estimate of drug-likeness (QED) is 0.375. The first kappa shape index (κ1) is 25.0. The van der Waals surface area contributed by atoms with Gasteiger partial charge in [-0.2, -0.15) is 0 Å². The molecule has 0 unspecified atom stereocenters. The number of aryl methyl sites for hydroxylation is 2. The topological polar surface area (TPSA) is 48.6 Å². The molecule has 1 saturated heterocycles. The molecule has 1 aromatic heterocycles. The fraction of sp³-hybridized carbons (Fsp3) is 0.577. The summed E-state index contributed by atoms with van der Waals surface area (Å²) < 4.78 is 8.40. The van der Waals surface area contributed by atoms with Crippen LogP contribution in [0.5, 0.6) is 11.5 Å². The van der Waals surface area contributed by atoms with Crippen molar-refractivity contribution in [2.45, 2.75) is 70.1 Å². The zero-order valence-electron chi connectivity index (χ0n) is 19.3. The van der Waals surface area contributed by atoms with E-state index in [1.54, 1.807) is 12.1 Å². The van der Waals surface area contributed by atoms with E-state index in [9.17, 15) is 5.11 Å². The Labute approximate surface area is 203 Å². The van der Waals surface area contributed by atoms with Crippen LogP contribution < -0.4 is 31.6 Å². The molecule has 2 aliphatic rings. The van der Waals surface area contributed by atoms with Crippen LogP contribution in [0.15, 0.2) is 42.7 Å². The highest BCUT2D eigenvalue weighted by atomic mass is 79.9. The van der Waals surface area contributed by atoms with Crippen LogP contribution >= 0.6 is 0 Å². The second-order valence-electron chi connectivity index (χ2n) is 9.20. The van der Waals surface area contributed by atoms with Crippen LogP contribution in [0.2, 0.25) is 0 Å². The molecule has 1 aromatic carbocycles. The van der Waals surface area contributed by atoms with Gasteiger partial charge in [-0.15, -0.1) is 0 Å². The first-order valence-electron chi connectivity index (χ1n) is 12.1. The van der Waals surface area contributed by atoms with Crippen LogP contribution in [-0.2, 0) is 13.0 Å². The number of hydrogen-bond acceptors (Lipinski definition) is 4. The van der Waals surface area contributed by atoms with Crippen LogP contribution in [0.25, 0.3) is 0 Å². The average Bonchev–Trinajstić information content (AvgIpc) is 3.21. The van der Waals surface area contributed by atoms with Crippen molar-refractivity contribution in [1.29, 1.82) is 0 Å². The number of benzene rings is 1. The molecule has 0 amide bonds. The van der Waals surface area contributed by atoms with Gasteiger partial charge in [-0.3, -0.25) is 4.90 Å². The summed E-state index contributed by atoms with van der Waals surface area (Å²) in [6.07, 6.45) is 14.4. The Morgan fingerprint density at radius 1 is 1.16 bits per heavy atom. The highest BCUT2D eigenvalue weighted by Crippen LogP contribution is 2.31. The lowest BCUT2D eigenvalue weighted by Crippen LogP contribution is -3.00. The molecular formula is C26H38BrN3O2. The smallest absolute Gasteiger partial charge is 0.173 e. The minimum absolute atomic E-state index is 0. The molecular weight excluding hydrogens is 466 g/mol. The molecule has 0 spiro atoms. The van der Waals surface area contributed by atoms with E-state index in [4.69, 9.17) is 4.74 Å². The number of fused-ring (bicyclic) bond motifs is 1. The maximum Gasteiger partial charge on any atom is 0.173 e. The van der Waals surface area contributed by atoms with Gasteiger partial charge < -0.3 is 32.1 Å². The van der Waals surface area contributed by atoms with E-state index in [2.05, 4.69) is 46.4 Å². The van der Waals surface area contributed by atoms with E-state index in [1.807, 2.05) is 6.07 Å². The van der Waals surface area contributed by atoms with Crippen LogP contribution in [0.1, 0.15) is 62.1 Å². The fourth-order valence-corrected chi connectivity index (χ4v) is 4.93. The van der Waals surface area contributed by atoms with Crippen molar-refractivity contribution >= 4 is 0 Å². The number of phenolic OH excluding ortho intramolecular Hbond substituents is 1. The summed E-state index contributed by atoms with van der Waals surface area (Å²) in [5.41, 5.74) is 2.67. The summed E-state index contributed by atoms with van der Waals surface area (Å²) in [5, 5.41) is 13.2. The van der Waals surface area contributed by atoms with E-state index in [0.29, 0.717) is 6.04 Å². The number of halogens is 1. The van der Waals surface area contributed by atoms with Crippen molar-refractivity contribution in [3.63, 3.8) is 0 Å². The Balaban J connectivity index is 0.00000289. The summed E-state index contributed by atoms with van der Waals surface area (Å²) in [5.74, 6) is 1.13. The Hall–Kier alpha value is -1.63. The summed E-state index contributed by atoms with van der Waals surface area (Å²) in [6.45, 7) is 4.26. The third-order valence-corrected chi connectivity index (χ3v) is 6.76. The minimum Gasteiger partial charge on any atom is -1.00 e. The molecule has 176 valence electrons. The number of aromatic nitrogens is 1. The number of nitrogens with one attached hydrogen (secondary N) is 1. The van der Waals surface area contributed by atoms with Crippen LogP contribution in [0.4, 0.5) is 0 Å². The van der Waals surface area contributed by atoms with Gasteiger partial charge in [0.05, 0.1) is 0 Å². The SMILES string of the molecule is CN1CCC[C@H]1c1ccc[n+](CCCCCCNC[C@H]2CCc3ccc(O)cc3O2)c1.[Br-]. The van der Waals surface area contributed by atoms with Crippen LogP contribution in [0, 0.1) is 0 Å². The molecule has 6 heteroatoms. The predicted molar refractivity (Wildman–Crippen MR) is 123 cm³/mol. The van der Waals surface area contributed by atoms with Gasteiger partial charge in [0, 0.05) is 36.7 Å². The largest absolute Gasteiger partial charge is 1.00 e. The average molecular weight is 505 g/mol. The van der Waals surface area contributed by atoms with Crippen LogP contribution in [0.3, 0.4) is 0 Å². The summed E-state index contributed by atoms with van der Waals surface area (Å²) in [7, 11) is 2.24. The zero-order valence-corrected chi connectivity index (χ0v) is 20.9. The molecule has 1 fully saturated rings. The predicted octanol–water partition coefficient (Wildman–Crippen LogP) is 0.994. The number of likely N-dealkylation sites (tertiary alicyclic amines) is 1. The number of aromatic hydroxyl groups is 1. The number of rotatable bonds is 10. The molecule has 2 N–H and O–H groups in total. The normalized spacial score (nSPS) is 20.4. The first-order valence-corrected chi connectivity index (χ1v) is 12.1. The Kier molecular flexibility index (Phi) is 9.82. The Morgan fingerprint density at radius 2 is 2.03 bits per heavy atom. The molecule has 32 heavy (non-hydrogen) atoms. The van der Waals surface area contributed by atoms with E-state index >= 15 is 0 Å². The molecule has 2 atom stereocenters. The number of nitrogens with zero attached hydrogens (tertiary/aromatic N) is 2. The Morgan fingerprint density at radius 3 is 2.88 bits per heavy atom. The molecule has 4 rings (SSSR count). The van der Waals surface area contributed by atoms with Gasteiger partial charge in [0.2, 0.25) is 0 Å². The fourth-order valence-electron chi connectivity index (χ4n) is 4.93. The van der Waals surface area contributed by atoms with Gasteiger partial charge in [0.15, 0.2) is 12.4 Å². The molecule has 0 radical (unpaired) electrons. The zero-order chi connectivity index (χ0) is 21.5. The highest BCUT2D eigenvalue weighted by molar-refractivity contribution is 5.41. The van der Waals surface area contributed by atoms with Gasteiger partial charge in [-0.25, -0.2) is 4.57 Å². The van der Waals surface area contributed by atoms with Gasteiger partial charge in [-0.1, -0.05) is 12.5 Å². The first-order chi connectivity index (χ1) is 15.2. The lowest BCUT2D eigenvalue weighted by atomic mass is 10.0. The Bertz CT molecular complexity index is 848. The molecule has 3 heterocycles. The number of phenols is 1. The van der Waals surface area contributed by atoms with E-state index in [-0.39, 0.29) is 28.8 Å². The van der Waals surface area contributed by atoms with Crippen molar-refractivity contribution in [3.8, 4) is 11.5 Å². The van der Waals surface area contributed by atoms with Crippen molar-refractivity contribution < 1.29 is 31.4 Å². The number of pyridine rings is 1. The molecule has 0 bridgehead atoms. The van der Waals surface area contributed by atoms with Gasteiger partial charge in [0.1, 0.15) is 24.1 Å². The molecule has 0 aliphatic carbocycles. The van der Waals surface area contributed by atoms with Crippen LogP contribution in [-0.4, -0.2) is 42.8 Å². The molecule has 0 saturated carbocycles. The third-order valence-electron chi connectivity index (χ3n) is 6.76. The van der Waals surface area contributed by atoms with Gasteiger partial charge >= 0.3 is 0 Å². The number of unbranched alkanes of at least 4 members (excludes halogenated alkanes) is 3. The lowest BCUT2D eigenvalue weighted by Gasteiger charge is -2.26. The second kappa shape index (κ2) is 12.6. The van der Waals surface area contributed by atoms with E-state index in [1.165, 1.54) is 56.2 Å². The second-order valence-corrected chi connectivity index (χ2v) is 9.20. The maximum atomic E-state index is 9.64. The summed E-state index contributed by atoms with van der Waals surface area (Å²) in [4.78, 5) is 2.48. The van der Waals surface area contributed by atoms with E-state index < -0.39 is 0 Å².